The number of hydrogen-bond donors (Lipinski definition) is 0. The van der Waals surface area contributed by atoms with Crippen molar-refractivity contribution >= 4 is 54.2 Å². The lowest BCUT2D eigenvalue weighted by Crippen LogP contribution is -1.74. The maximum Gasteiger partial charge on any atom is 0.227 e. The number of oxazole rings is 1. The Hall–Kier alpha value is -2.36. The molecule has 23 heavy (non-hydrogen) atoms. The summed E-state index contributed by atoms with van der Waals surface area (Å²) in [7, 11) is 0. The summed E-state index contributed by atoms with van der Waals surface area (Å²) < 4.78 is 8.32. The zero-order valence-corrected chi connectivity index (χ0v) is 13.5. The van der Waals surface area contributed by atoms with Gasteiger partial charge in [-0.1, -0.05) is 35.9 Å². The average molecular weight is 336 g/mol. The Labute approximate surface area is 140 Å². The molecule has 0 atom stereocenters. The number of benzene rings is 3. The summed E-state index contributed by atoms with van der Waals surface area (Å²) in [6, 6.07) is 20.1. The summed E-state index contributed by atoms with van der Waals surface area (Å²) in [5.41, 5.74) is 2.68. The zero-order valence-electron chi connectivity index (χ0n) is 11.9. The van der Waals surface area contributed by atoms with Crippen molar-refractivity contribution in [1.82, 2.24) is 4.98 Å². The SMILES string of the molecule is Clc1ccc2c(c1)sc1cc3oc(-c4ccccc4)nc3cc12. The Morgan fingerprint density at radius 3 is 2.57 bits per heavy atom. The highest BCUT2D eigenvalue weighted by Gasteiger charge is 2.12. The summed E-state index contributed by atoms with van der Waals surface area (Å²) in [6.45, 7) is 0. The van der Waals surface area contributed by atoms with Gasteiger partial charge in [0, 0.05) is 36.8 Å². The molecule has 4 heteroatoms. The van der Waals surface area contributed by atoms with Crippen LogP contribution in [0.1, 0.15) is 0 Å². The van der Waals surface area contributed by atoms with Crippen molar-refractivity contribution in [3.63, 3.8) is 0 Å². The van der Waals surface area contributed by atoms with Gasteiger partial charge in [0.25, 0.3) is 0 Å². The first-order valence-corrected chi connectivity index (χ1v) is 8.45. The van der Waals surface area contributed by atoms with Crippen LogP contribution >= 0.6 is 22.9 Å². The molecular formula is C19H10ClNOS. The number of rotatable bonds is 1. The van der Waals surface area contributed by atoms with E-state index in [2.05, 4.69) is 23.2 Å². The van der Waals surface area contributed by atoms with Crippen molar-refractivity contribution in [3.8, 4) is 11.5 Å². The average Bonchev–Trinajstić information content (AvgIpc) is 3.13. The van der Waals surface area contributed by atoms with E-state index in [1.807, 2.05) is 42.5 Å². The molecule has 0 aliphatic heterocycles. The topological polar surface area (TPSA) is 26.0 Å². The molecule has 0 fully saturated rings. The minimum absolute atomic E-state index is 0.658. The van der Waals surface area contributed by atoms with Crippen molar-refractivity contribution in [2.45, 2.75) is 0 Å². The molecule has 0 bridgehead atoms. The smallest absolute Gasteiger partial charge is 0.227 e. The van der Waals surface area contributed by atoms with Crippen LogP contribution in [0.4, 0.5) is 0 Å². The third kappa shape index (κ3) is 2.05. The van der Waals surface area contributed by atoms with Crippen molar-refractivity contribution in [1.29, 1.82) is 0 Å². The molecule has 0 aliphatic carbocycles. The fraction of sp³-hybridized carbons (Fsp3) is 0. The number of nitrogens with zero attached hydrogens (tertiary/aromatic N) is 1. The molecule has 0 unspecified atom stereocenters. The molecule has 0 spiro atoms. The molecule has 2 heterocycles. The molecule has 0 saturated heterocycles. The third-order valence-corrected chi connectivity index (χ3v) is 5.31. The Balaban J connectivity index is 1.79. The zero-order chi connectivity index (χ0) is 15.4. The molecule has 0 radical (unpaired) electrons. The van der Waals surface area contributed by atoms with Gasteiger partial charge in [-0.25, -0.2) is 4.98 Å². The first kappa shape index (κ1) is 13.1. The Morgan fingerprint density at radius 2 is 1.70 bits per heavy atom. The van der Waals surface area contributed by atoms with Crippen LogP contribution in [0.25, 0.3) is 42.7 Å². The van der Waals surface area contributed by atoms with E-state index < -0.39 is 0 Å². The first-order chi connectivity index (χ1) is 11.3. The maximum atomic E-state index is 6.09. The van der Waals surface area contributed by atoms with Gasteiger partial charge < -0.3 is 4.42 Å². The van der Waals surface area contributed by atoms with Crippen LogP contribution in [-0.2, 0) is 0 Å². The van der Waals surface area contributed by atoms with Gasteiger partial charge in [-0.05, 0) is 30.3 Å². The van der Waals surface area contributed by atoms with Crippen LogP contribution in [0.3, 0.4) is 0 Å². The summed E-state index contributed by atoms with van der Waals surface area (Å²) in [4.78, 5) is 4.65. The highest BCUT2D eigenvalue weighted by molar-refractivity contribution is 7.25. The second kappa shape index (κ2) is 4.82. The maximum absolute atomic E-state index is 6.09. The number of aromatic nitrogens is 1. The molecule has 0 amide bonds. The van der Waals surface area contributed by atoms with Crippen molar-refractivity contribution in [2.24, 2.45) is 0 Å². The number of fused-ring (bicyclic) bond motifs is 4. The van der Waals surface area contributed by atoms with Gasteiger partial charge >= 0.3 is 0 Å². The van der Waals surface area contributed by atoms with E-state index in [0.717, 1.165) is 21.7 Å². The van der Waals surface area contributed by atoms with Gasteiger partial charge in [0.15, 0.2) is 5.58 Å². The Bertz CT molecular complexity index is 1170. The van der Waals surface area contributed by atoms with Gasteiger partial charge in [-0.3, -0.25) is 0 Å². The van der Waals surface area contributed by atoms with Gasteiger partial charge in [0.1, 0.15) is 5.52 Å². The van der Waals surface area contributed by atoms with E-state index >= 15 is 0 Å². The summed E-state index contributed by atoms with van der Waals surface area (Å²) in [5, 5.41) is 3.17. The van der Waals surface area contributed by atoms with Crippen molar-refractivity contribution in [3.05, 3.63) is 65.7 Å². The monoisotopic (exact) mass is 335 g/mol. The summed E-state index contributed by atoms with van der Waals surface area (Å²) >= 11 is 7.82. The minimum atomic E-state index is 0.658. The normalized spacial score (nSPS) is 11.7. The number of hydrogen-bond acceptors (Lipinski definition) is 3. The summed E-state index contributed by atoms with van der Waals surface area (Å²) in [5.74, 6) is 0.658. The summed E-state index contributed by atoms with van der Waals surface area (Å²) in [6.07, 6.45) is 0. The molecule has 3 aromatic carbocycles. The van der Waals surface area contributed by atoms with Crippen molar-refractivity contribution < 1.29 is 4.42 Å². The second-order valence-corrected chi connectivity index (χ2v) is 6.96. The van der Waals surface area contributed by atoms with Gasteiger partial charge in [0.05, 0.1) is 0 Å². The lowest BCUT2D eigenvalue weighted by molar-refractivity contribution is 0.620. The molecule has 0 N–H and O–H groups in total. The van der Waals surface area contributed by atoms with Gasteiger partial charge in [-0.2, -0.15) is 0 Å². The van der Waals surface area contributed by atoms with Crippen LogP contribution in [0, 0.1) is 0 Å². The minimum Gasteiger partial charge on any atom is -0.436 e. The lowest BCUT2D eigenvalue weighted by Gasteiger charge is -1.92. The van der Waals surface area contributed by atoms with Crippen LogP contribution in [0.5, 0.6) is 0 Å². The molecule has 2 nitrogen and oxygen atoms in total. The molecule has 110 valence electrons. The van der Waals surface area contributed by atoms with E-state index in [-0.39, 0.29) is 0 Å². The van der Waals surface area contributed by atoms with Crippen LogP contribution in [0.2, 0.25) is 5.02 Å². The van der Waals surface area contributed by atoms with Gasteiger partial charge in [-0.15, -0.1) is 11.3 Å². The number of thiophene rings is 1. The largest absolute Gasteiger partial charge is 0.436 e. The Kier molecular flexibility index (Phi) is 2.75. The molecule has 2 aromatic heterocycles. The van der Waals surface area contributed by atoms with Gasteiger partial charge in [0.2, 0.25) is 5.89 Å². The van der Waals surface area contributed by atoms with E-state index in [9.17, 15) is 0 Å². The standard InChI is InChI=1S/C19H10ClNOS/c20-12-6-7-13-14-9-15-16(10-18(14)23-17(13)8-12)22-19(21-15)11-4-2-1-3-5-11/h1-10H. The Morgan fingerprint density at radius 1 is 0.870 bits per heavy atom. The molecular weight excluding hydrogens is 326 g/mol. The fourth-order valence-corrected chi connectivity index (χ4v) is 4.27. The van der Waals surface area contributed by atoms with E-state index in [4.69, 9.17) is 16.0 Å². The predicted octanol–water partition coefficient (Wildman–Crippen LogP) is 6.52. The van der Waals surface area contributed by atoms with E-state index in [1.165, 1.54) is 20.2 Å². The molecule has 0 aliphatic rings. The highest BCUT2D eigenvalue weighted by Crippen LogP contribution is 2.38. The second-order valence-electron chi connectivity index (χ2n) is 5.44. The van der Waals surface area contributed by atoms with E-state index in [0.29, 0.717) is 5.89 Å². The molecule has 0 saturated carbocycles. The lowest BCUT2D eigenvalue weighted by atomic mass is 10.1. The molecule has 5 aromatic rings. The van der Waals surface area contributed by atoms with Crippen LogP contribution in [0.15, 0.2) is 65.1 Å². The predicted molar refractivity (Wildman–Crippen MR) is 97.3 cm³/mol. The van der Waals surface area contributed by atoms with E-state index in [1.54, 1.807) is 11.3 Å². The van der Waals surface area contributed by atoms with Crippen LogP contribution in [-0.4, -0.2) is 4.98 Å². The highest BCUT2D eigenvalue weighted by atomic mass is 35.5. The number of halogens is 1. The first-order valence-electron chi connectivity index (χ1n) is 7.26. The fourth-order valence-electron chi connectivity index (χ4n) is 2.88. The molecule has 5 rings (SSSR count). The quantitative estimate of drug-likeness (QED) is 0.348. The van der Waals surface area contributed by atoms with Crippen molar-refractivity contribution in [2.75, 3.05) is 0 Å². The van der Waals surface area contributed by atoms with Crippen LogP contribution < -0.4 is 0 Å². The third-order valence-electron chi connectivity index (χ3n) is 3.96.